The summed E-state index contributed by atoms with van der Waals surface area (Å²) in [4.78, 5) is 16.0. The van der Waals surface area contributed by atoms with Crippen molar-refractivity contribution in [1.82, 2.24) is 18.7 Å². The second kappa shape index (κ2) is 27.9. The molecule has 0 atom stereocenters. The fraction of sp³-hybridized carbons (Fsp3) is 0.414. The summed E-state index contributed by atoms with van der Waals surface area (Å²) < 4.78 is 56.0. The van der Waals surface area contributed by atoms with E-state index in [9.17, 15) is 0 Å². The Bertz CT molecular complexity index is 3020. The number of alkyl halides is 2. The predicted octanol–water partition coefficient (Wildman–Crippen LogP) is 14.3. The molecule has 0 bridgehead atoms. The Morgan fingerprint density at radius 3 is 1.19 bits per heavy atom. The van der Waals surface area contributed by atoms with Gasteiger partial charge in [-0.2, -0.15) is 8.75 Å². The third kappa shape index (κ3) is 15.5. The highest BCUT2D eigenvalue weighted by Crippen LogP contribution is 2.48. The standard InChI is InChI=1S/C58H66Br2N4O8S3/c1-57(2,3)42-13-7-39(8-14-42)45-19-20-46(73-45)49-53-54(50(56-55(49)63-75-64-56)47-21-22-48(74-47)58(4,5)6)62-52(41-11-17-44(18-12-41)72-38-36-70-34-32-68-30-28-66-26-24-60)51(61-53)40-9-15-43(16-10-40)71-37-35-69-33-31-67-29-27-65-25-23-59/h7-22H,23-38H2,1-6H3. The molecule has 0 saturated carbocycles. The van der Waals surface area contributed by atoms with Crippen LogP contribution in [-0.2, 0) is 39.3 Å². The van der Waals surface area contributed by atoms with Crippen LogP contribution in [0.5, 0.6) is 11.5 Å². The van der Waals surface area contributed by atoms with Gasteiger partial charge in [-0.3, -0.25) is 0 Å². The predicted molar refractivity (Wildman–Crippen MR) is 314 cm³/mol. The SMILES string of the molecule is CC(C)(C)c1ccc(-c2ccc(-c3c4nsnc4c(-c4ccc(C(C)(C)C)s4)c4nc(-c5ccc(OCCOCCOCCOCCBr)cc5)c(-c5ccc(OCCOCCOCCOCCBr)cc5)nc34)s2)cc1. The molecule has 0 amide bonds. The van der Waals surface area contributed by atoms with Crippen LogP contribution in [0.25, 0.3) is 75.9 Å². The molecule has 0 aliphatic rings. The monoisotopic (exact) mass is 1200 g/mol. The minimum atomic E-state index is -0.0483. The second-order valence-corrected chi connectivity index (χ2v) is 23.8. The number of benzene rings is 4. The first-order chi connectivity index (χ1) is 36.4. The van der Waals surface area contributed by atoms with Crippen molar-refractivity contribution < 1.29 is 37.9 Å². The summed E-state index contributed by atoms with van der Waals surface area (Å²) in [6, 6.07) is 33.8. The van der Waals surface area contributed by atoms with E-state index in [1.165, 1.54) is 22.2 Å². The van der Waals surface area contributed by atoms with Crippen LogP contribution in [0.2, 0.25) is 0 Å². The molecule has 12 nitrogen and oxygen atoms in total. The van der Waals surface area contributed by atoms with Gasteiger partial charge in [-0.05, 0) is 94.8 Å². The molecule has 8 rings (SSSR count). The molecule has 0 saturated heterocycles. The minimum Gasteiger partial charge on any atom is -0.491 e. The van der Waals surface area contributed by atoms with Gasteiger partial charge in [0.2, 0.25) is 0 Å². The molecular weight excluding hydrogens is 1140 g/mol. The Morgan fingerprint density at radius 2 is 0.773 bits per heavy atom. The van der Waals surface area contributed by atoms with E-state index in [1.807, 2.05) is 48.5 Å². The molecule has 0 aliphatic carbocycles. The maximum atomic E-state index is 6.14. The maximum Gasteiger partial charge on any atom is 0.119 e. The highest BCUT2D eigenvalue weighted by molar-refractivity contribution is 9.09. The number of nitrogens with zero attached hydrogens (tertiary/aromatic N) is 4. The van der Waals surface area contributed by atoms with E-state index in [1.54, 1.807) is 22.7 Å². The normalized spacial score (nSPS) is 12.1. The van der Waals surface area contributed by atoms with Gasteiger partial charge in [-0.1, -0.05) is 97.7 Å². The summed E-state index contributed by atoms with van der Waals surface area (Å²) in [5.74, 6) is 1.44. The molecule has 17 heteroatoms. The van der Waals surface area contributed by atoms with E-state index in [0.29, 0.717) is 92.5 Å². The number of thiophene rings is 2. The Morgan fingerprint density at radius 1 is 0.387 bits per heavy atom. The highest BCUT2D eigenvalue weighted by Gasteiger charge is 2.28. The average molecular weight is 1200 g/mol. The lowest BCUT2D eigenvalue weighted by atomic mass is 9.86. The molecule has 398 valence electrons. The lowest BCUT2D eigenvalue weighted by Gasteiger charge is -2.19. The first kappa shape index (κ1) is 56.9. The number of rotatable bonds is 29. The van der Waals surface area contributed by atoms with Gasteiger partial charge in [-0.25, -0.2) is 9.97 Å². The van der Waals surface area contributed by atoms with E-state index in [-0.39, 0.29) is 10.8 Å². The molecule has 0 N–H and O–H groups in total. The van der Waals surface area contributed by atoms with E-state index in [0.717, 1.165) is 98.1 Å². The van der Waals surface area contributed by atoms with Crippen LogP contribution in [0.3, 0.4) is 0 Å². The van der Waals surface area contributed by atoms with Gasteiger partial charge >= 0.3 is 0 Å². The summed E-state index contributed by atoms with van der Waals surface area (Å²) in [5.41, 5.74) is 10.7. The Kier molecular flexibility index (Phi) is 21.2. The van der Waals surface area contributed by atoms with Gasteiger partial charge in [0.05, 0.1) is 102 Å². The molecule has 0 radical (unpaired) electrons. The lowest BCUT2D eigenvalue weighted by Crippen LogP contribution is -2.13. The van der Waals surface area contributed by atoms with Crippen LogP contribution in [0.4, 0.5) is 0 Å². The second-order valence-electron chi connectivity index (χ2n) is 19.5. The number of ether oxygens (including phenoxy) is 8. The number of halogens is 2. The van der Waals surface area contributed by atoms with E-state index in [2.05, 4.69) is 122 Å². The quantitative estimate of drug-likeness (QED) is 0.0327. The van der Waals surface area contributed by atoms with Crippen molar-refractivity contribution in [2.24, 2.45) is 0 Å². The Labute approximate surface area is 470 Å². The zero-order valence-electron chi connectivity index (χ0n) is 43.6. The van der Waals surface area contributed by atoms with Crippen LogP contribution in [0.15, 0.2) is 97.1 Å². The van der Waals surface area contributed by atoms with Crippen molar-refractivity contribution in [1.29, 1.82) is 0 Å². The van der Waals surface area contributed by atoms with Crippen molar-refractivity contribution in [2.45, 2.75) is 52.4 Å². The average Bonchev–Trinajstić information content (AvgIpc) is 4.24. The van der Waals surface area contributed by atoms with Gasteiger partial charge in [0.25, 0.3) is 0 Å². The van der Waals surface area contributed by atoms with Crippen LogP contribution < -0.4 is 9.47 Å². The van der Waals surface area contributed by atoms with Crippen LogP contribution >= 0.6 is 66.3 Å². The summed E-state index contributed by atoms with van der Waals surface area (Å²) in [7, 11) is 0. The zero-order valence-corrected chi connectivity index (χ0v) is 49.2. The largest absolute Gasteiger partial charge is 0.491 e. The molecule has 0 spiro atoms. The van der Waals surface area contributed by atoms with Crippen molar-refractivity contribution in [3.05, 3.63) is 108 Å². The molecular formula is C58H66Br2N4O8S3. The molecule has 75 heavy (non-hydrogen) atoms. The van der Waals surface area contributed by atoms with Crippen molar-refractivity contribution in [3.8, 4) is 65.3 Å². The minimum absolute atomic E-state index is 0.0483. The number of hydrogen-bond donors (Lipinski definition) is 0. The van der Waals surface area contributed by atoms with Crippen LogP contribution in [0.1, 0.15) is 52.0 Å². The first-order valence-corrected chi connectivity index (χ1v) is 29.9. The van der Waals surface area contributed by atoms with Crippen molar-refractivity contribution >= 4 is 88.3 Å². The van der Waals surface area contributed by atoms with Gasteiger partial charge in [0.15, 0.2) is 0 Å². The first-order valence-electron chi connectivity index (χ1n) is 25.3. The number of hydrogen-bond acceptors (Lipinski definition) is 15. The van der Waals surface area contributed by atoms with Crippen molar-refractivity contribution in [3.63, 3.8) is 0 Å². The third-order valence-corrected chi connectivity index (χ3v) is 15.8. The molecule has 4 heterocycles. The van der Waals surface area contributed by atoms with Gasteiger partial charge in [0.1, 0.15) is 46.8 Å². The van der Waals surface area contributed by atoms with E-state index < -0.39 is 0 Å². The van der Waals surface area contributed by atoms with Gasteiger partial charge in [-0.15, -0.1) is 22.7 Å². The Balaban J connectivity index is 1.13. The molecule has 0 fully saturated rings. The lowest BCUT2D eigenvalue weighted by molar-refractivity contribution is 0.0119. The van der Waals surface area contributed by atoms with E-state index >= 15 is 0 Å². The molecule has 0 aliphatic heterocycles. The summed E-state index contributed by atoms with van der Waals surface area (Å²) in [5, 5.41) is 1.62. The topological polar surface area (TPSA) is 125 Å². The van der Waals surface area contributed by atoms with Crippen LogP contribution in [-0.4, -0.2) is 122 Å². The molecule has 0 unspecified atom stereocenters. The fourth-order valence-electron chi connectivity index (χ4n) is 8.08. The summed E-state index contributed by atoms with van der Waals surface area (Å²) in [6.07, 6.45) is 0. The maximum absolute atomic E-state index is 6.14. The third-order valence-electron chi connectivity index (χ3n) is 12.0. The van der Waals surface area contributed by atoms with Crippen LogP contribution in [0, 0.1) is 0 Å². The summed E-state index contributed by atoms with van der Waals surface area (Å²) >= 11 is 11.4. The smallest absolute Gasteiger partial charge is 0.119 e. The number of fused-ring (bicyclic) bond motifs is 2. The van der Waals surface area contributed by atoms with Gasteiger partial charge in [0, 0.05) is 52.4 Å². The summed E-state index contributed by atoms with van der Waals surface area (Å²) in [6.45, 7) is 20.6. The van der Waals surface area contributed by atoms with Crippen molar-refractivity contribution in [2.75, 3.05) is 103 Å². The number of aromatic nitrogens is 4. The fourth-order valence-corrected chi connectivity index (χ4v) is 11.3. The highest BCUT2D eigenvalue weighted by atomic mass is 79.9. The van der Waals surface area contributed by atoms with E-state index in [4.69, 9.17) is 56.6 Å². The molecule has 4 aromatic heterocycles. The molecule has 8 aromatic rings. The zero-order chi connectivity index (χ0) is 52.6. The molecule has 4 aromatic carbocycles. The van der Waals surface area contributed by atoms with Gasteiger partial charge < -0.3 is 37.9 Å². The Hall–Kier alpha value is -4.24.